The van der Waals surface area contributed by atoms with Crippen LogP contribution in [-0.4, -0.2) is 16.0 Å². The third-order valence-electron chi connectivity index (χ3n) is 1.59. The minimum absolute atomic E-state index is 0.0598. The number of nitro benzene ring substituents is 1. The van der Waals surface area contributed by atoms with Gasteiger partial charge in [0, 0.05) is 11.6 Å². The molecule has 1 aromatic carbocycles. The average molecular weight is 262 g/mol. The van der Waals surface area contributed by atoms with Crippen molar-refractivity contribution >= 4 is 27.4 Å². The summed E-state index contributed by atoms with van der Waals surface area (Å²) in [5, 5.41) is 10.3. The molecule has 0 saturated carbocycles. The van der Waals surface area contributed by atoms with Crippen LogP contribution in [0.2, 0.25) is 0 Å². The van der Waals surface area contributed by atoms with E-state index >= 15 is 0 Å². The zero-order valence-electron chi connectivity index (χ0n) is 6.87. The van der Waals surface area contributed by atoms with Crippen molar-refractivity contribution in [3.05, 3.63) is 39.7 Å². The fourth-order valence-electron chi connectivity index (χ4n) is 0.906. The highest BCUT2D eigenvalue weighted by Gasteiger charge is 2.15. The molecule has 4 nitrogen and oxygen atoms in total. The van der Waals surface area contributed by atoms with Crippen LogP contribution in [0.15, 0.2) is 18.2 Å². The van der Waals surface area contributed by atoms with E-state index in [0.717, 1.165) is 12.1 Å². The van der Waals surface area contributed by atoms with Gasteiger partial charge in [-0.05, 0) is 12.1 Å². The molecule has 1 aromatic rings. The van der Waals surface area contributed by atoms with Crippen LogP contribution in [0, 0.1) is 15.9 Å². The van der Waals surface area contributed by atoms with E-state index in [4.69, 9.17) is 0 Å². The summed E-state index contributed by atoms with van der Waals surface area (Å²) in [6.07, 6.45) is 0. The number of carbonyl (C=O) groups is 1. The van der Waals surface area contributed by atoms with Crippen LogP contribution in [-0.2, 0) is 0 Å². The number of nitrogens with zero attached hydrogens (tertiary/aromatic N) is 1. The maximum absolute atomic E-state index is 13.0. The Bertz CT molecular complexity index is 394. The Kier molecular flexibility index (Phi) is 3.29. The number of benzene rings is 1. The van der Waals surface area contributed by atoms with Gasteiger partial charge in [0.25, 0.3) is 0 Å². The molecule has 74 valence electrons. The number of hydrogen-bond acceptors (Lipinski definition) is 3. The molecule has 0 fully saturated rings. The maximum atomic E-state index is 13.0. The lowest BCUT2D eigenvalue weighted by Gasteiger charge is -1.97. The molecule has 0 aliphatic carbocycles. The van der Waals surface area contributed by atoms with Gasteiger partial charge in [0.05, 0.1) is 10.3 Å². The summed E-state index contributed by atoms with van der Waals surface area (Å²) < 4.78 is 13.0. The zero-order valence-corrected chi connectivity index (χ0v) is 8.45. The lowest BCUT2D eigenvalue weighted by Crippen LogP contribution is -2.01. The van der Waals surface area contributed by atoms with Gasteiger partial charge in [-0.1, -0.05) is 15.9 Å². The minimum atomic E-state index is -0.998. The molecular formula is C8H5BrFNO3. The molecule has 1 rings (SSSR count). The van der Waals surface area contributed by atoms with Crippen molar-refractivity contribution in [2.45, 2.75) is 0 Å². The average Bonchev–Trinajstić information content (AvgIpc) is 2.15. The molecule has 0 spiro atoms. The van der Waals surface area contributed by atoms with Crippen molar-refractivity contribution in [2.24, 2.45) is 0 Å². The van der Waals surface area contributed by atoms with Crippen molar-refractivity contribution in [2.75, 3.05) is 5.33 Å². The number of Topliss-reactive ketones (excluding diaryl/α,β-unsaturated/α-hetero) is 1. The van der Waals surface area contributed by atoms with E-state index in [2.05, 4.69) is 15.9 Å². The van der Waals surface area contributed by atoms with E-state index in [1.54, 1.807) is 0 Å². The highest BCUT2D eigenvalue weighted by atomic mass is 79.9. The summed E-state index contributed by atoms with van der Waals surface area (Å²) in [6.45, 7) is 0. The van der Waals surface area contributed by atoms with E-state index < -0.39 is 16.4 Å². The Hall–Kier alpha value is -1.30. The number of nitro groups is 1. The Morgan fingerprint density at radius 3 is 2.64 bits per heavy atom. The van der Waals surface area contributed by atoms with E-state index in [1.165, 1.54) is 6.07 Å². The first kappa shape index (κ1) is 10.8. The lowest BCUT2D eigenvalue weighted by atomic mass is 10.1. The predicted molar refractivity (Wildman–Crippen MR) is 51.2 cm³/mol. The highest BCUT2D eigenvalue weighted by Crippen LogP contribution is 2.18. The molecule has 0 aliphatic heterocycles. The molecule has 0 bridgehead atoms. The molecule has 6 heteroatoms. The van der Waals surface area contributed by atoms with E-state index in [-0.39, 0.29) is 16.7 Å². The molecule has 0 amide bonds. The predicted octanol–water partition coefficient (Wildman–Crippen LogP) is 2.31. The first-order valence-electron chi connectivity index (χ1n) is 3.59. The van der Waals surface area contributed by atoms with Gasteiger partial charge >= 0.3 is 5.69 Å². The van der Waals surface area contributed by atoms with Gasteiger partial charge in [-0.25, -0.2) is 0 Å². The Labute approximate surface area is 87.0 Å². The van der Waals surface area contributed by atoms with Crippen LogP contribution >= 0.6 is 15.9 Å². The monoisotopic (exact) mass is 261 g/mol. The summed E-state index contributed by atoms with van der Waals surface area (Å²) in [5.74, 6) is -1.32. The summed E-state index contributed by atoms with van der Waals surface area (Å²) >= 11 is 2.92. The number of ketones is 1. The molecule has 0 aliphatic rings. The normalized spacial score (nSPS) is 9.86. The molecule has 0 N–H and O–H groups in total. The third kappa shape index (κ3) is 2.14. The van der Waals surface area contributed by atoms with Gasteiger partial charge in [-0.3, -0.25) is 14.9 Å². The van der Waals surface area contributed by atoms with Gasteiger partial charge in [0.2, 0.25) is 5.82 Å². The Morgan fingerprint density at radius 1 is 1.57 bits per heavy atom. The number of halogens is 2. The van der Waals surface area contributed by atoms with Gasteiger partial charge in [0.15, 0.2) is 5.78 Å². The van der Waals surface area contributed by atoms with E-state index in [1.807, 2.05) is 0 Å². The van der Waals surface area contributed by atoms with Gasteiger partial charge < -0.3 is 0 Å². The van der Waals surface area contributed by atoms with E-state index in [0.29, 0.717) is 0 Å². The Balaban J connectivity index is 3.12. The van der Waals surface area contributed by atoms with Gasteiger partial charge in [0.1, 0.15) is 0 Å². The quantitative estimate of drug-likeness (QED) is 0.363. The molecule has 14 heavy (non-hydrogen) atoms. The minimum Gasteiger partial charge on any atom is -0.293 e. The SMILES string of the molecule is O=C(CBr)c1ccc([N+](=O)[O-])c(F)c1. The second kappa shape index (κ2) is 4.28. The second-order valence-electron chi connectivity index (χ2n) is 2.48. The fourth-order valence-corrected chi connectivity index (χ4v) is 1.23. The molecule has 0 saturated heterocycles. The molecule has 0 heterocycles. The van der Waals surface area contributed by atoms with Crippen LogP contribution in [0.25, 0.3) is 0 Å². The van der Waals surface area contributed by atoms with Crippen molar-refractivity contribution in [3.8, 4) is 0 Å². The first-order valence-corrected chi connectivity index (χ1v) is 4.71. The zero-order chi connectivity index (χ0) is 10.7. The summed E-state index contributed by atoms with van der Waals surface area (Å²) in [6, 6.07) is 3.07. The van der Waals surface area contributed by atoms with Gasteiger partial charge in [-0.15, -0.1) is 0 Å². The molecule has 0 unspecified atom stereocenters. The number of hydrogen-bond donors (Lipinski definition) is 0. The molecular weight excluding hydrogens is 257 g/mol. The molecule has 0 atom stereocenters. The maximum Gasteiger partial charge on any atom is 0.304 e. The number of alkyl halides is 1. The van der Waals surface area contributed by atoms with Crippen molar-refractivity contribution in [3.63, 3.8) is 0 Å². The van der Waals surface area contributed by atoms with Crippen LogP contribution < -0.4 is 0 Å². The molecule has 0 aromatic heterocycles. The van der Waals surface area contributed by atoms with Crippen LogP contribution in [0.1, 0.15) is 10.4 Å². The number of rotatable bonds is 3. The van der Waals surface area contributed by atoms with Gasteiger partial charge in [-0.2, -0.15) is 4.39 Å². The summed E-state index contributed by atoms with van der Waals surface area (Å²) in [5.41, 5.74) is -0.513. The van der Waals surface area contributed by atoms with Crippen LogP contribution in [0.4, 0.5) is 10.1 Å². The first-order chi connectivity index (χ1) is 6.56. The second-order valence-corrected chi connectivity index (χ2v) is 3.04. The lowest BCUT2D eigenvalue weighted by molar-refractivity contribution is -0.387. The topological polar surface area (TPSA) is 60.2 Å². The summed E-state index contributed by atoms with van der Waals surface area (Å²) in [4.78, 5) is 20.5. The standard InChI is InChI=1S/C8H5BrFNO3/c9-4-8(12)5-1-2-7(11(13)14)6(10)3-5/h1-3H,4H2. The van der Waals surface area contributed by atoms with Crippen LogP contribution in [0.5, 0.6) is 0 Å². The number of carbonyl (C=O) groups excluding carboxylic acids is 1. The van der Waals surface area contributed by atoms with Crippen LogP contribution in [0.3, 0.4) is 0 Å². The fraction of sp³-hybridized carbons (Fsp3) is 0.125. The molecule has 0 radical (unpaired) electrons. The van der Waals surface area contributed by atoms with Crippen molar-refractivity contribution in [1.29, 1.82) is 0 Å². The van der Waals surface area contributed by atoms with Crippen molar-refractivity contribution < 1.29 is 14.1 Å². The van der Waals surface area contributed by atoms with Crippen molar-refractivity contribution in [1.82, 2.24) is 0 Å². The van der Waals surface area contributed by atoms with E-state index in [9.17, 15) is 19.3 Å². The third-order valence-corrected chi connectivity index (χ3v) is 2.10. The Morgan fingerprint density at radius 2 is 2.21 bits per heavy atom. The largest absolute Gasteiger partial charge is 0.304 e. The summed E-state index contributed by atoms with van der Waals surface area (Å²) in [7, 11) is 0. The highest BCUT2D eigenvalue weighted by molar-refractivity contribution is 9.09. The smallest absolute Gasteiger partial charge is 0.293 e.